The zero-order valence-corrected chi connectivity index (χ0v) is 10.7. The third kappa shape index (κ3) is 2.61. The van der Waals surface area contributed by atoms with E-state index in [9.17, 15) is 9.18 Å². The van der Waals surface area contributed by atoms with Gasteiger partial charge in [0.25, 0.3) is 0 Å². The molecule has 0 aliphatic carbocycles. The van der Waals surface area contributed by atoms with Crippen molar-refractivity contribution in [2.45, 2.75) is 6.42 Å². The summed E-state index contributed by atoms with van der Waals surface area (Å²) in [5.41, 5.74) is 0.473. The molecule has 0 atom stereocenters. The van der Waals surface area contributed by atoms with Gasteiger partial charge in [-0.05, 0) is 34.1 Å². The van der Waals surface area contributed by atoms with E-state index in [4.69, 9.17) is 0 Å². The van der Waals surface area contributed by atoms with Gasteiger partial charge in [-0.2, -0.15) is 0 Å². The van der Waals surface area contributed by atoms with Gasteiger partial charge in [-0.25, -0.2) is 9.37 Å². The van der Waals surface area contributed by atoms with Crippen molar-refractivity contribution in [1.29, 1.82) is 0 Å². The first-order valence-electron chi connectivity index (χ1n) is 5.02. The van der Waals surface area contributed by atoms with Crippen LogP contribution in [-0.4, -0.2) is 15.3 Å². The molecule has 2 rings (SSSR count). The predicted octanol–water partition coefficient (Wildman–Crippen LogP) is 2.75. The van der Waals surface area contributed by atoms with Crippen LogP contribution in [0.1, 0.15) is 16.2 Å². The number of carbonyl (C=O) groups excluding carboxylic acids is 1. The SMILES string of the molecule is Cn1ccnc1CC(=O)c1ccc(F)c(Br)c1. The first-order chi connectivity index (χ1) is 8.08. The first kappa shape index (κ1) is 12.0. The number of carbonyl (C=O) groups is 1. The minimum atomic E-state index is -0.376. The molecule has 1 aromatic carbocycles. The molecule has 0 aliphatic heterocycles. The summed E-state index contributed by atoms with van der Waals surface area (Å²) in [4.78, 5) is 16.0. The van der Waals surface area contributed by atoms with E-state index in [2.05, 4.69) is 20.9 Å². The Morgan fingerprint density at radius 1 is 1.53 bits per heavy atom. The summed E-state index contributed by atoms with van der Waals surface area (Å²) in [7, 11) is 1.83. The quantitative estimate of drug-likeness (QED) is 0.817. The molecule has 0 radical (unpaired) electrons. The highest BCUT2D eigenvalue weighted by atomic mass is 79.9. The monoisotopic (exact) mass is 296 g/mol. The zero-order valence-electron chi connectivity index (χ0n) is 9.15. The van der Waals surface area contributed by atoms with Crippen LogP contribution in [0.15, 0.2) is 35.1 Å². The number of imidazole rings is 1. The largest absolute Gasteiger partial charge is 0.338 e. The van der Waals surface area contributed by atoms with Crippen LogP contribution >= 0.6 is 15.9 Å². The Kier molecular flexibility index (Phi) is 3.38. The second-order valence-corrected chi connectivity index (χ2v) is 4.54. The summed E-state index contributed by atoms with van der Waals surface area (Å²) < 4.78 is 15.1. The lowest BCUT2D eigenvalue weighted by Gasteiger charge is -2.03. The van der Waals surface area contributed by atoms with E-state index >= 15 is 0 Å². The average Bonchev–Trinajstić information content (AvgIpc) is 2.68. The molecule has 3 nitrogen and oxygen atoms in total. The van der Waals surface area contributed by atoms with Gasteiger partial charge in [0.2, 0.25) is 0 Å². The molecule has 17 heavy (non-hydrogen) atoms. The molecule has 0 fully saturated rings. The number of nitrogens with zero attached hydrogens (tertiary/aromatic N) is 2. The van der Waals surface area contributed by atoms with Gasteiger partial charge in [-0.3, -0.25) is 4.79 Å². The second kappa shape index (κ2) is 4.79. The normalized spacial score (nSPS) is 10.5. The van der Waals surface area contributed by atoms with Crippen molar-refractivity contribution in [3.63, 3.8) is 0 Å². The van der Waals surface area contributed by atoms with Gasteiger partial charge in [-0.1, -0.05) is 0 Å². The fourth-order valence-electron chi connectivity index (χ4n) is 1.48. The number of halogens is 2. The molecule has 0 saturated heterocycles. The zero-order chi connectivity index (χ0) is 12.4. The summed E-state index contributed by atoms with van der Waals surface area (Å²) in [5.74, 6) is 0.231. The van der Waals surface area contributed by atoms with E-state index in [1.807, 2.05) is 7.05 Å². The van der Waals surface area contributed by atoms with Crippen molar-refractivity contribution in [3.8, 4) is 0 Å². The summed E-state index contributed by atoms with van der Waals surface area (Å²) in [6.07, 6.45) is 3.63. The van der Waals surface area contributed by atoms with Crippen molar-refractivity contribution in [3.05, 3.63) is 52.3 Å². The summed E-state index contributed by atoms with van der Waals surface area (Å²) >= 11 is 3.06. The van der Waals surface area contributed by atoms with Gasteiger partial charge in [0.15, 0.2) is 5.78 Å². The summed E-state index contributed by atoms with van der Waals surface area (Å²) in [6.45, 7) is 0. The van der Waals surface area contributed by atoms with Crippen LogP contribution in [0.2, 0.25) is 0 Å². The van der Waals surface area contributed by atoms with Crippen molar-refractivity contribution >= 4 is 21.7 Å². The fourth-order valence-corrected chi connectivity index (χ4v) is 1.86. The minimum Gasteiger partial charge on any atom is -0.338 e. The molecular formula is C12H10BrFN2O. The molecule has 88 valence electrons. The van der Waals surface area contributed by atoms with Gasteiger partial charge >= 0.3 is 0 Å². The predicted molar refractivity (Wildman–Crippen MR) is 65.3 cm³/mol. The number of ketones is 1. The highest BCUT2D eigenvalue weighted by molar-refractivity contribution is 9.10. The van der Waals surface area contributed by atoms with E-state index in [1.165, 1.54) is 18.2 Å². The molecule has 0 N–H and O–H groups in total. The maximum Gasteiger partial charge on any atom is 0.170 e. The van der Waals surface area contributed by atoms with Crippen LogP contribution in [-0.2, 0) is 13.5 Å². The van der Waals surface area contributed by atoms with E-state index < -0.39 is 0 Å². The lowest BCUT2D eigenvalue weighted by atomic mass is 10.1. The Balaban J connectivity index is 2.20. The third-order valence-corrected chi connectivity index (χ3v) is 3.09. The molecule has 1 aromatic heterocycles. The van der Waals surface area contributed by atoms with E-state index in [-0.39, 0.29) is 18.0 Å². The molecule has 5 heteroatoms. The van der Waals surface area contributed by atoms with Gasteiger partial charge in [0.05, 0.1) is 10.9 Å². The van der Waals surface area contributed by atoms with Gasteiger partial charge in [-0.15, -0.1) is 0 Å². The van der Waals surface area contributed by atoms with Crippen LogP contribution in [0, 0.1) is 5.82 Å². The Hall–Kier alpha value is -1.49. The second-order valence-electron chi connectivity index (χ2n) is 3.68. The van der Waals surface area contributed by atoms with E-state index in [0.717, 1.165) is 0 Å². The van der Waals surface area contributed by atoms with Crippen molar-refractivity contribution in [2.75, 3.05) is 0 Å². The summed E-state index contributed by atoms with van der Waals surface area (Å²) in [6, 6.07) is 4.24. The number of hydrogen-bond donors (Lipinski definition) is 0. The van der Waals surface area contributed by atoms with Crippen LogP contribution in [0.5, 0.6) is 0 Å². The maximum absolute atomic E-state index is 13.0. The highest BCUT2D eigenvalue weighted by Gasteiger charge is 2.11. The van der Waals surface area contributed by atoms with Crippen LogP contribution in [0.3, 0.4) is 0 Å². The Labute approximate surface area is 106 Å². The van der Waals surface area contributed by atoms with Gasteiger partial charge < -0.3 is 4.57 Å². The topological polar surface area (TPSA) is 34.9 Å². The van der Waals surface area contributed by atoms with Crippen molar-refractivity contribution in [1.82, 2.24) is 9.55 Å². The van der Waals surface area contributed by atoms with Gasteiger partial charge in [0.1, 0.15) is 11.6 Å². The van der Waals surface area contributed by atoms with Crippen LogP contribution < -0.4 is 0 Å². The Bertz CT molecular complexity index is 565. The number of aromatic nitrogens is 2. The van der Waals surface area contributed by atoms with E-state index in [1.54, 1.807) is 17.0 Å². The number of aryl methyl sites for hydroxylation is 1. The lowest BCUT2D eigenvalue weighted by molar-refractivity contribution is 0.0990. The minimum absolute atomic E-state index is 0.0833. The highest BCUT2D eigenvalue weighted by Crippen LogP contribution is 2.17. The molecule has 0 saturated carbocycles. The fraction of sp³-hybridized carbons (Fsp3) is 0.167. The standard InChI is InChI=1S/C12H10BrFN2O/c1-16-5-4-15-12(16)7-11(17)8-2-3-10(14)9(13)6-8/h2-6H,7H2,1H3. The van der Waals surface area contributed by atoms with Crippen molar-refractivity contribution in [2.24, 2.45) is 7.05 Å². The summed E-state index contributed by atoms with van der Waals surface area (Å²) in [5, 5.41) is 0. The van der Waals surface area contributed by atoms with E-state index in [0.29, 0.717) is 15.9 Å². The molecule has 0 aliphatic rings. The average molecular weight is 297 g/mol. The molecule has 0 bridgehead atoms. The van der Waals surface area contributed by atoms with Crippen molar-refractivity contribution < 1.29 is 9.18 Å². The van der Waals surface area contributed by atoms with Gasteiger partial charge in [0, 0.05) is 25.0 Å². The third-order valence-electron chi connectivity index (χ3n) is 2.48. The Morgan fingerprint density at radius 3 is 2.88 bits per heavy atom. The maximum atomic E-state index is 13.0. The number of hydrogen-bond acceptors (Lipinski definition) is 2. The first-order valence-corrected chi connectivity index (χ1v) is 5.81. The molecule has 2 aromatic rings. The lowest BCUT2D eigenvalue weighted by Crippen LogP contribution is -2.08. The molecule has 0 unspecified atom stereocenters. The van der Waals surface area contributed by atoms with Crippen LogP contribution in [0.25, 0.3) is 0 Å². The van der Waals surface area contributed by atoms with Crippen LogP contribution in [0.4, 0.5) is 4.39 Å². The molecular weight excluding hydrogens is 287 g/mol. The smallest absolute Gasteiger partial charge is 0.170 e. The number of benzene rings is 1. The number of Topliss-reactive ketones (excluding diaryl/α,β-unsaturated/α-hetero) is 1. The Morgan fingerprint density at radius 2 is 2.29 bits per heavy atom. The molecule has 1 heterocycles. The molecule has 0 spiro atoms. The molecule has 0 amide bonds. The number of rotatable bonds is 3.